The van der Waals surface area contributed by atoms with Crippen LogP contribution in [0, 0.1) is 18.3 Å². The summed E-state index contributed by atoms with van der Waals surface area (Å²) in [5, 5.41) is 8.57. The molecule has 1 aliphatic rings. The fourth-order valence-corrected chi connectivity index (χ4v) is 3.75. The Morgan fingerprint density at radius 3 is 2.68 bits per heavy atom. The van der Waals surface area contributed by atoms with Crippen LogP contribution >= 0.6 is 0 Å². The van der Waals surface area contributed by atoms with Gasteiger partial charge in [0.2, 0.25) is 0 Å². The highest BCUT2D eigenvalue weighted by Crippen LogP contribution is 2.34. The maximum absolute atomic E-state index is 12.6. The third kappa shape index (κ3) is 3.49. The van der Waals surface area contributed by atoms with Crippen molar-refractivity contribution in [2.75, 3.05) is 25.0 Å². The molecule has 0 aliphatic carbocycles. The van der Waals surface area contributed by atoms with Gasteiger partial charge < -0.3 is 16.0 Å². The number of amides is 2. The van der Waals surface area contributed by atoms with Gasteiger partial charge in [0.15, 0.2) is 0 Å². The number of benzene rings is 1. The van der Waals surface area contributed by atoms with Gasteiger partial charge in [0.1, 0.15) is 0 Å². The molecule has 0 radical (unpaired) electrons. The maximum atomic E-state index is 12.6. The highest BCUT2D eigenvalue weighted by Gasteiger charge is 2.32. The molecular formula is C19H29N5O. The van der Waals surface area contributed by atoms with Crippen molar-refractivity contribution in [3.63, 3.8) is 0 Å². The van der Waals surface area contributed by atoms with E-state index in [1.54, 1.807) is 0 Å². The van der Waals surface area contributed by atoms with Gasteiger partial charge in [-0.1, -0.05) is 13.8 Å². The number of likely N-dealkylation sites (tertiary alicyclic amines) is 1. The number of carbonyl (C=O) groups is 1. The summed E-state index contributed by atoms with van der Waals surface area (Å²) in [6, 6.07) is 5.92. The quantitative estimate of drug-likeness (QED) is 0.899. The monoisotopic (exact) mass is 343 g/mol. The van der Waals surface area contributed by atoms with Gasteiger partial charge in [-0.05, 0) is 55.8 Å². The van der Waals surface area contributed by atoms with Crippen molar-refractivity contribution >= 4 is 22.6 Å². The second-order valence-corrected chi connectivity index (χ2v) is 7.83. The Morgan fingerprint density at radius 1 is 1.36 bits per heavy atom. The van der Waals surface area contributed by atoms with Crippen LogP contribution in [0.1, 0.15) is 32.4 Å². The minimum absolute atomic E-state index is 0.0257. The van der Waals surface area contributed by atoms with E-state index in [0.29, 0.717) is 12.5 Å². The lowest BCUT2D eigenvalue weighted by atomic mass is 9.74. The summed E-state index contributed by atoms with van der Waals surface area (Å²) >= 11 is 0. The van der Waals surface area contributed by atoms with Crippen LogP contribution in [0.4, 0.5) is 10.5 Å². The van der Waals surface area contributed by atoms with Gasteiger partial charge in [0.05, 0.1) is 11.2 Å². The first-order valence-electron chi connectivity index (χ1n) is 9.01. The number of nitrogens with one attached hydrogen (secondary N) is 1. The van der Waals surface area contributed by atoms with E-state index in [4.69, 9.17) is 5.73 Å². The lowest BCUT2D eigenvalue weighted by molar-refractivity contribution is 0.121. The number of aryl methyl sites for hydroxylation is 2. The van der Waals surface area contributed by atoms with E-state index in [9.17, 15) is 4.79 Å². The second-order valence-electron chi connectivity index (χ2n) is 7.83. The molecule has 2 aromatic rings. The topological polar surface area (TPSA) is 76.2 Å². The third-order valence-electron chi connectivity index (χ3n) is 5.70. The Bertz CT molecular complexity index is 771. The number of hydrogen-bond acceptors (Lipinski definition) is 3. The largest absolute Gasteiger partial charge is 0.330 e. The third-order valence-corrected chi connectivity index (χ3v) is 5.70. The summed E-state index contributed by atoms with van der Waals surface area (Å²) in [6.07, 6.45) is 2.02. The number of urea groups is 1. The Hall–Kier alpha value is -2.08. The molecule has 0 atom stereocenters. The van der Waals surface area contributed by atoms with E-state index in [1.165, 1.54) is 0 Å². The second kappa shape index (κ2) is 6.67. The first-order valence-corrected chi connectivity index (χ1v) is 9.01. The molecule has 6 nitrogen and oxygen atoms in total. The lowest BCUT2D eigenvalue weighted by Gasteiger charge is -2.40. The molecule has 0 saturated carbocycles. The van der Waals surface area contributed by atoms with Crippen molar-refractivity contribution in [1.82, 2.24) is 14.7 Å². The average molecular weight is 343 g/mol. The average Bonchev–Trinajstić information content (AvgIpc) is 2.89. The zero-order valence-corrected chi connectivity index (χ0v) is 15.7. The molecule has 6 heteroatoms. The minimum atomic E-state index is -0.0257. The van der Waals surface area contributed by atoms with E-state index < -0.39 is 0 Å². The molecule has 0 unspecified atom stereocenters. The zero-order chi connectivity index (χ0) is 18.2. The number of aromatic nitrogens is 2. The molecule has 2 amide bonds. The Morgan fingerprint density at radius 2 is 2.04 bits per heavy atom. The predicted octanol–water partition coefficient (Wildman–Crippen LogP) is 3.11. The van der Waals surface area contributed by atoms with Gasteiger partial charge >= 0.3 is 6.03 Å². The van der Waals surface area contributed by atoms with E-state index in [-0.39, 0.29) is 11.4 Å². The highest BCUT2D eigenvalue weighted by atomic mass is 16.2. The van der Waals surface area contributed by atoms with Gasteiger partial charge in [-0.3, -0.25) is 4.68 Å². The SMILES string of the molecule is Cc1nn(C)c2cc(NC(=O)N3CCC(C(C)(C)CN)CC3)ccc12. The minimum Gasteiger partial charge on any atom is -0.330 e. The molecule has 1 aliphatic heterocycles. The van der Waals surface area contributed by atoms with Gasteiger partial charge in [-0.2, -0.15) is 5.10 Å². The number of carbonyl (C=O) groups excluding carboxylic acids is 1. The molecular weight excluding hydrogens is 314 g/mol. The van der Waals surface area contributed by atoms with Crippen LogP contribution in [0.25, 0.3) is 10.9 Å². The van der Waals surface area contributed by atoms with Crippen molar-refractivity contribution in [3.8, 4) is 0 Å². The summed E-state index contributed by atoms with van der Waals surface area (Å²) in [4.78, 5) is 14.5. The zero-order valence-electron chi connectivity index (χ0n) is 15.7. The van der Waals surface area contributed by atoms with Gasteiger partial charge in [-0.25, -0.2) is 4.79 Å². The molecule has 3 N–H and O–H groups in total. The number of piperidine rings is 1. The highest BCUT2D eigenvalue weighted by molar-refractivity contribution is 5.93. The first kappa shape index (κ1) is 17.7. The van der Waals surface area contributed by atoms with E-state index in [0.717, 1.165) is 48.2 Å². The van der Waals surface area contributed by atoms with Crippen molar-refractivity contribution in [3.05, 3.63) is 23.9 Å². The van der Waals surface area contributed by atoms with Gasteiger partial charge in [-0.15, -0.1) is 0 Å². The molecule has 0 bridgehead atoms. The summed E-state index contributed by atoms with van der Waals surface area (Å²) < 4.78 is 1.85. The van der Waals surface area contributed by atoms with E-state index in [1.807, 2.05) is 41.8 Å². The van der Waals surface area contributed by atoms with Crippen molar-refractivity contribution in [2.24, 2.45) is 24.1 Å². The number of nitrogens with zero attached hydrogens (tertiary/aromatic N) is 3. The summed E-state index contributed by atoms with van der Waals surface area (Å²) in [6.45, 7) is 8.69. The van der Waals surface area contributed by atoms with Crippen LogP contribution in [-0.2, 0) is 7.05 Å². The molecule has 1 saturated heterocycles. The smallest absolute Gasteiger partial charge is 0.321 e. The molecule has 1 aromatic heterocycles. The van der Waals surface area contributed by atoms with E-state index >= 15 is 0 Å². The summed E-state index contributed by atoms with van der Waals surface area (Å²) in [5.74, 6) is 0.579. The van der Waals surface area contributed by atoms with Crippen LogP contribution in [0.3, 0.4) is 0 Å². The number of fused-ring (bicyclic) bond motifs is 1. The number of anilines is 1. The number of rotatable bonds is 3. The van der Waals surface area contributed by atoms with Crippen molar-refractivity contribution in [1.29, 1.82) is 0 Å². The van der Waals surface area contributed by atoms with Gasteiger partial charge in [0.25, 0.3) is 0 Å². The van der Waals surface area contributed by atoms with Crippen molar-refractivity contribution in [2.45, 2.75) is 33.6 Å². The number of nitrogens with two attached hydrogens (primary N) is 1. The fourth-order valence-electron chi connectivity index (χ4n) is 3.75. The van der Waals surface area contributed by atoms with Gasteiger partial charge in [0, 0.05) is 31.2 Å². The fraction of sp³-hybridized carbons (Fsp3) is 0.579. The molecule has 0 spiro atoms. The van der Waals surface area contributed by atoms with Crippen molar-refractivity contribution < 1.29 is 4.79 Å². The molecule has 1 fully saturated rings. The van der Waals surface area contributed by atoms with Crippen LogP contribution < -0.4 is 11.1 Å². The standard InChI is InChI=1S/C19H29N5O/c1-13-16-6-5-15(11-17(16)23(4)22-13)21-18(25)24-9-7-14(8-10-24)19(2,3)12-20/h5-6,11,14H,7-10,12,20H2,1-4H3,(H,21,25). The Kier molecular flexibility index (Phi) is 4.73. The van der Waals surface area contributed by atoms with Crippen LogP contribution in [0.2, 0.25) is 0 Å². The molecule has 2 heterocycles. The summed E-state index contributed by atoms with van der Waals surface area (Å²) in [5.41, 5.74) is 8.87. The molecule has 25 heavy (non-hydrogen) atoms. The van der Waals surface area contributed by atoms with Crippen LogP contribution in [0.15, 0.2) is 18.2 Å². The molecule has 3 rings (SSSR count). The number of hydrogen-bond donors (Lipinski definition) is 2. The van der Waals surface area contributed by atoms with E-state index in [2.05, 4.69) is 24.3 Å². The molecule has 136 valence electrons. The lowest BCUT2D eigenvalue weighted by Crippen LogP contribution is -2.45. The molecule has 1 aromatic carbocycles. The first-order chi connectivity index (χ1) is 11.8. The van der Waals surface area contributed by atoms with Crippen LogP contribution in [0.5, 0.6) is 0 Å². The van der Waals surface area contributed by atoms with Crippen LogP contribution in [-0.4, -0.2) is 40.3 Å². The summed E-state index contributed by atoms with van der Waals surface area (Å²) in [7, 11) is 1.92. The Labute approximate surface area is 149 Å². The predicted molar refractivity (Wildman–Crippen MR) is 102 cm³/mol. The Balaban J connectivity index is 1.64. The normalized spacial score (nSPS) is 16.4. The maximum Gasteiger partial charge on any atom is 0.321 e.